The molecule has 1 saturated heterocycles. The third-order valence-electron chi connectivity index (χ3n) is 3.11. The average Bonchev–Trinajstić information content (AvgIpc) is 2.77. The van der Waals surface area contributed by atoms with Crippen molar-refractivity contribution >= 4 is 11.3 Å². The molecular weight excluding hydrogens is 234 g/mol. The smallest absolute Gasteiger partial charge is 0.156 e. The SMILES string of the molecule is Cc1ccsc1C(CN)N1CCOC(C#N)C1. The van der Waals surface area contributed by atoms with Crippen LogP contribution in [0.5, 0.6) is 0 Å². The van der Waals surface area contributed by atoms with Crippen LogP contribution in [-0.4, -0.2) is 37.2 Å². The largest absolute Gasteiger partial charge is 0.361 e. The van der Waals surface area contributed by atoms with Crippen LogP contribution >= 0.6 is 11.3 Å². The van der Waals surface area contributed by atoms with E-state index in [1.165, 1.54) is 10.4 Å². The second kappa shape index (κ2) is 5.61. The zero-order chi connectivity index (χ0) is 12.3. The first-order chi connectivity index (χ1) is 8.26. The summed E-state index contributed by atoms with van der Waals surface area (Å²) in [6.07, 6.45) is -0.321. The lowest BCUT2D eigenvalue weighted by atomic mass is 10.1. The van der Waals surface area contributed by atoms with Crippen LogP contribution in [0.25, 0.3) is 0 Å². The van der Waals surface area contributed by atoms with Crippen molar-refractivity contribution < 1.29 is 4.74 Å². The van der Waals surface area contributed by atoms with Gasteiger partial charge in [0.1, 0.15) is 0 Å². The molecule has 2 heterocycles. The zero-order valence-corrected chi connectivity index (χ0v) is 10.7. The number of ether oxygens (including phenoxy) is 1. The third kappa shape index (κ3) is 2.67. The van der Waals surface area contributed by atoms with Gasteiger partial charge in [0, 0.05) is 24.5 Å². The van der Waals surface area contributed by atoms with Crippen LogP contribution < -0.4 is 5.73 Å². The fraction of sp³-hybridized carbons (Fsp3) is 0.583. The van der Waals surface area contributed by atoms with Crippen LogP contribution in [0.1, 0.15) is 16.5 Å². The number of morpholine rings is 1. The third-order valence-corrected chi connectivity index (χ3v) is 4.23. The van der Waals surface area contributed by atoms with Crippen molar-refractivity contribution in [1.82, 2.24) is 4.90 Å². The maximum atomic E-state index is 8.92. The molecule has 1 aromatic heterocycles. The molecule has 0 spiro atoms. The summed E-state index contributed by atoms with van der Waals surface area (Å²) in [5, 5.41) is 11.0. The van der Waals surface area contributed by atoms with Gasteiger partial charge in [-0.3, -0.25) is 4.90 Å². The summed E-state index contributed by atoms with van der Waals surface area (Å²) in [5.74, 6) is 0. The van der Waals surface area contributed by atoms with Crippen molar-refractivity contribution in [3.63, 3.8) is 0 Å². The minimum Gasteiger partial charge on any atom is -0.361 e. The number of aryl methyl sites for hydroxylation is 1. The molecule has 0 aromatic carbocycles. The zero-order valence-electron chi connectivity index (χ0n) is 9.93. The van der Waals surface area contributed by atoms with E-state index in [0.29, 0.717) is 19.7 Å². The van der Waals surface area contributed by atoms with Crippen LogP contribution in [0.2, 0.25) is 0 Å². The van der Waals surface area contributed by atoms with Crippen molar-refractivity contribution in [3.8, 4) is 6.07 Å². The topological polar surface area (TPSA) is 62.3 Å². The summed E-state index contributed by atoms with van der Waals surface area (Å²) < 4.78 is 5.36. The molecule has 2 rings (SSSR count). The molecule has 1 aliphatic heterocycles. The number of nitriles is 1. The van der Waals surface area contributed by atoms with Gasteiger partial charge < -0.3 is 10.5 Å². The van der Waals surface area contributed by atoms with Gasteiger partial charge in [0.05, 0.1) is 18.7 Å². The fourth-order valence-electron chi connectivity index (χ4n) is 2.18. The second-order valence-electron chi connectivity index (χ2n) is 4.20. The van der Waals surface area contributed by atoms with Crippen LogP contribution in [0, 0.1) is 18.3 Å². The Hall–Kier alpha value is -0.930. The lowest BCUT2D eigenvalue weighted by molar-refractivity contribution is -0.0156. The van der Waals surface area contributed by atoms with Gasteiger partial charge in [-0.2, -0.15) is 5.26 Å². The lowest BCUT2D eigenvalue weighted by Gasteiger charge is -2.35. The molecule has 1 fully saturated rings. The highest BCUT2D eigenvalue weighted by Gasteiger charge is 2.27. The summed E-state index contributed by atoms with van der Waals surface area (Å²) in [6.45, 7) is 4.79. The first-order valence-electron chi connectivity index (χ1n) is 5.75. The van der Waals surface area contributed by atoms with E-state index in [1.54, 1.807) is 11.3 Å². The molecule has 0 radical (unpaired) electrons. The average molecular weight is 251 g/mol. The van der Waals surface area contributed by atoms with Crippen LogP contribution in [0.4, 0.5) is 0 Å². The molecule has 2 N–H and O–H groups in total. The van der Waals surface area contributed by atoms with Crippen molar-refractivity contribution in [1.29, 1.82) is 5.26 Å². The summed E-state index contributed by atoms with van der Waals surface area (Å²) >= 11 is 1.74. The standard InChI is InChI=1S/C12H17N3OS/c1-9-2-5-17-12(9)11(7-14)15-3-4-16-10(6-13)8-15/h2,5,10-11H,3-4,7-8,14H2,1H3. The van der Waals surface area contributed by atoms with Crippen molar-refractivity contribution in [2.24, 2.45) is 5.73 Å². The molecule has 1 aromatic rings. The number of nitrogens with two attached hydrogens (primary N) is 1. The van der Waals surface area contributed by atoms with E-state index in [1.807, 2.05) is 0 Å². The van der Waals surface area contributed by atoms with Gasteiger partial charge in [-0.25, -0.2) is 0 Å². The molecule has 5 heteroatoms. The lowest BCUT2D eigenvalue weighted by Crippen LogP contribution is -2.45. The van der Waals surface area contributed by atoms with E-state index in [-0.39, 0.29) is 12.1 Å². The Bertz CT molecular complexity index is 412. The summed E-state index contributed by atoms with van der Waals surface area (Å²) in [5.41, 5.74) is 7.17. The quantitative estimate of drug-likeness (QED) is 0.879. The maximum Gasteiger partial charge on any atom is 0.156 e. The molecule has 2 unspecified atom stereocenters. The number of hydrogen-bond acceptors (Lipinski definition) is 5. The molecule has 2 atom stereocenters. The van der Waals surface area contributed by atoms with Crippen LogP contribution in [-0.2, 0) is 4.74 Å². The number of nitrogens with zero attached hydrogens (tertiary/aromatic N) is 2. The van der Waals surface area contributed by atoms with Gasteiger partial charge in [0.2, 0.25) is 0 Å². The molecule has 1 aliphatic rings. The van der Waals surface area contributed by atoms with Gasteiger partial charge in [-0.1, -0.05) is 0 Å². The van der Waals surface area contributed by atoms with Crippen molar-refractivity contribution in [3.05, 3.63) is 21.9 Å². The van der Waals surface area contributed by atoms with E-state index >= 15 is 0 Å². The molecule has 0 aliphatic carbocycles. The molecule has 17 heavy (non-hydrogen) atoms. The highest BCUT2D eigenvalue weighted by Crippen LogP contribution is 2.29. The van der Waals surface area contributed by atoms with E-state index in [0.717, 1.165) is 6.54 Å². The Labute approximate surface area is 106 Å². The van der Waals surface area contributed by atoms with Crippen molar-refractivity contribution in [2.45, 2.75) is 19.1 Å². The van der Waals surface area contributed by atoms with Gasteiger partial charge in [0.25, 0.3) is 0 Å². The summed E-state index contributed by atoms with van der Waals surface area (Å²) in [4.78, 5) is 3.57. The van der Waals surface area contributed by atoms with Crippen molar-refractivity contribution in [2.75, 3.05) is 26.2 Å². The first kappa shape index (κ1) is 12.5. The summed E-state index contributed by atoms with van der Waals surface area (Å²) in [7, 11) is 0. The second-order valence-corrected chi connectivity index (χ2v) is 5.15. The normalized spacial score (nSPS) is 23.2. The minimum atomic E-state index is -0.321. The maximum absolute atomic E-state index is 8.92. The Morgan fingerprint density at radius 3 is 3.18 bits per heavy atom. The molecular formula is C12H17N3OS. The monoisotopic (exact) mass is 251 g/mol. The summed E-state index contributed by atoms with van der Waals surface area (Å²) in [6, 6.07) is 4.50. The Kier molecular flexibility index (Phi) is 4.13. The van der Waals surface area contributed by atoms with Gasteiger partial charge in [-0.05, 0) is 23.9 Å². The van der Waals surface area contributed by atoms with Gasteiger partial charge in [-0.15, -0.1) is 11.3 Å². The molecule has 0 bridgehead atoms. The minimum absolute atomic E-state index is 0.217. The van der Waals surface area contributed by atoms with E-state index < -0.39 is 0 Å². The Balaban J connectivity index is 2.14. The first-order valence-corrected chi connectivity index (χ1v) is 6.63. The van der Waals surface area contributed by atoms with Crippen LogP contribution in [0.3, 0.4) is 0 Å². The fourth-order valence-corrected chi connectivity index (χ4v) is 3.25. The van der Waals surface area contributed by atoms with Crippen LogP contribution in [0.15, 0.2) is 11.4 Å². The van der Waals surface area contributed by atoms with E-state index in [2.05, 4.69) is 29.3 Å². The van der Waals surface area contributed by atoms with E-state index in [4.69, 9.17) is 15.7 Å². The van der Waals surface area contributed by atoms with Gasteiger partial charge in [0.15, 0.2) is 6.10 Å². The molecule has 4 nitrogen and oxygen atoms in total. The predicted molar refractivity (Wildman–Crippen MR) is 67.8 cm³/mol. The predicted octanol–water partition coefficient (Wildman–Crippen LogP) is 1.28. The molecule has 0 amide bonds. The number of thiophene rings is 1. The highest BCUT2D eigenvalue weighted by molar-refractivity contribution is 7.10. The number of hydrogen-bond donors (Lipinski definition) is 1. The molecule has 0 saturated carbocycles. The Morgan fingerprint density at radius 1 is 1.76 bits per heavy atom. The number of rotatable bonds is 3. The van der Waals surface area contributed by atoms with E-state index in [9.17, 15) is 0 Å². The molecule has 92 valence electrons. The highest BCUT2D eigenvalue weighted by atomic mass is 32.1. The van der Waals surface area contributed by atoms with Gasteiger partial charge >= 0.3 is 0 Å². The Morgan fingerprint density at radius 2 is 2.59 bits per heavy atom.